The van der Waals surface area contributed by atoms with Gasteiger partial charge in [-0.2, -0.15) is 5.10 Å². The first-order valence-corrected chi connectivity index (χ1v) is 12.2. The van der Waals surface area contributed by atoms with Crippen LogP contribution in [-0.4, -0.2) is 46.6 Å². The fraction of sp³-hybridized carbons (Fsp3) is 0.167. The van der Waals surface area contributed by atoms with E-state index in [2.05, 4.69) is 25.8 Å². The molecule has 180 valence electrons. The molecule has 2 aromatic heterocycles. The predicted octanol–water partition coefficient (Wildman–Crippen LogP) is 2.56. The molecule has 2 heterocycles. The highest BCUT2D eigenvalue weighted by Gasteiger charge is 2.22. The van der Waals surface area contributed by atoms with Crippen molar-refractivity contribution < 1.29 is 23.1 Å². The van der Waals surface area contributed by atoms with Crippen LogP contribution in [0.25, 0.3) is 11.0 Å². The Labute approximate surface area is 201 Å². The van der Waals surface area contributed by atoms with Crippen molar-refractivity contribution in [2.24, 2.45) is 0 Å². The highest BCUT2D eigenvalue weighted by atomic mass is 32.2. The molecule has 0 radical (unpaired) electrons. The van der Waals surface area contributed by atoms with Gasteiger partial charge in [-0.1, -0.05) is 12.1 Å². The van der Waals surface area contributed by atoms with Crippen molar-refractivity contribution in [2.45, 2.75) is 36.2 Å². The Balaban J connectivity index is 1.47. The topological polar surface area (TPSA) is 154 Å². The van der Waals surface area contributed by atoms with Crippen molar-refractivity contribution >= 4 is 32.7 Å². The lowest BCUT2D eigenvalue weighted by Crippen LogP contribution is -2.30. The van der Waals surface area contributed by atoms with Crippen LogP contribution >= 0.6 is 0 Å². The number of carbonyl (C=O) groups is 2. The summed E-state index contributed by atoms with van der Waals surface area (Å²) in [4.78, 5) is 28.8. The highest BCUT2D eigenvalue weighted by Crippen LogP contribution is 2.26. The van der Waals surface area contributed by atoms with E-state index < -0.39 is 15.7 Å². The molecule has 0 aliphatic rings. The molecular formula is C24H23N5O5S. The van der Waals surface area contributed by atoms with Gasteiger partial charge >= 0.3 is 0 Å². The first-order valence-electron chi connectivity index (χ1n) is 10.7. The number of aromatic hydroxyl groups is 1. The molecule has 2 amide bonds. The summed E-state index contributed by atoms with van der Waals surface area (Å²) in [5.41, 5.74) is 1.53. The molecule has 2 aromatic carbocycles. The van der Waals surface area contributed by atoms with Gasteiger partial charge in [0.15, 0.2) is 5.65 Å². The van der Waals surface area contributed by atoms with Crippen LogP contribution in [0, 0.1) is 0 Å². The van der Waals surface area contributed by atoms with E-state index in [4.69, 9.17) is 0 Å². The van der Waals surface area contributed by atoms with Gasteiger partial charge < -0.3 is 15.7 Å². The number of phenols is 1. The standard InChI is InChI=1S/C24H23N5O5S/c1-14(2)28-24(32)20-10-19(7-8-21(20)30)35(33,34)18-5-3-15(4-6-18)11-26-23(31)17-9-16-13-27-29-22(16)25-12-17/h3-10,12-14,30H,11H2,1-2H3,(H,26,31)(H,28,32)(H,25,27,29). The van der Waals surface area contributed by atoms with Crippen LogP contribution in [0.4, 0.5) is 0 Å². The summed E-state index contributed by atoms with van der Waals surface area (Å²) in [6.45, 7) is 3.70. The van der Waals surface area contributed by atoms with Gasteiger partial charge in [0.25, 0.3) is 11.8 Å². The number of nitrogens with one attached hydrogen (secondary N) is 3. The second-order valence-electron chi connectivity index (χ2n) is 8.17. The van der Waals surface area contributed by atoms with Crippen molar-refractivity contribution in [2.75, 3.05) is 0 Å². The van der Waals surface area contributed by atoms with Crippen LogP contribution in [0.1, 0.15) is 40.1 Å². The van der Waals surface area contributed by atoms with Crippen molar-refractivity contribution in [1.82, 2.24) is 25.8 Å². The zero-order chi connectivity index (χ0) is 25.2. The molecule has 11 heteroatoms. The van der Waals surface area contributed by atoms with Gasteiger partial charge in [0.1, 0.15) is 5.75 Å². The molecule has 10 nitrogen and oxygen atoms in total. The third-order valence-electron chi connectivity index (χ3n) is 5.18. The van der Waals surface area contributed by atoms with Crippen LogP contribution in [0.15, 0.2) is 70.7 Å². The zero-order valence-electron chi connectivity index (χ0n) is 18.9. The third-order valence-corrected chi connectivity index (χ3v) is 6.95. The molecular weight excluding hydrogens is 470 g/mol. The number of aromatic amines is 1. The van der Waals surface area contributed by atoms with Gasteiger partial charge in [-0.3, -0.25) is 14.7 Å². The third kappa shape index (κ3) is 5.14. The van der Waals surface area contributed by atoms with E-state index in [9.17, 15) is 23.1 Å². The summed E-state index contributed by atoms with van der Waals surface area (Å²) in [7, 11) is -3.94. The molecule has 4 rings (SSSR count). The number of rotatable bonds is 7. The first kappa shape index (κ1) is 23.9. The largest absolute Gasteiger partial charge is 0.507 e. The van der Waals surface area contributed by atoms with Gasteiger partial charge in [-0.25, -0.2) is 13.4 Å². The number of nitrogens with zero attached hydrogens (tertiary/aromatic N) is 2. The Morgan fingerprint density at radius 3 is 2.43 bits per heavy atom. The summed E-state index contributed by atoms with van der Waals surface area (Å²) in [6, 6.07) is 11.1. The fourth-order valence-corrected chi connectivity index (χ4v) is 4.66. The quantitative estimate of drug-likeness (QED) is 0.308. The van der Waals surface area contributed by atoms with Crippen LogP contribution in [-0.2, 0) is 16.4 Å². The van der Waals surface area contributed by atoms with Gasteiger partial charge in [-0.15, -0.1) is 0 Å². The molecule has 0 saturated carbocycles. The highest BCUT2D eigenvalue weighted by molar-refractivity contribution is 7.91. The second kappa shape index (κ2) is 9.55. The lowest BCUT2D eigenvalue weighted by Gasteiger charge is -2.12. The van der Waals surface area contributed by atoms with Crippen LogP contribution in [0.3, 0.4) is 0 Å². The van der Waals surface area contributed by atoms with E-state index in [1.807, 2.05) is 0 Å². The van der Waals surface area contributed by atoms with Gasteiger partial charge in [0.2, 0.25) is 9.84 Å². The molecule has 0 aliphatic carbocycles. The fourth-order valence-electron chi connectivity index (χ4n) is 3.37. The van der Waals surface area contributed by atoms with Crippen molar-refractivity contribution in [3.05, 3.63) is 77.6 Å². The number of benzene rings is 2. The molecule has 0 saturated heterocycles. The zero-order valence-corrected chi connectivity index (χ0v) is 19.8. The summed E-state index contributed by atoms with van der Waals surface area (Å²) in [5.74, 6) is -1.20. The van der Waals surface area contributed by atoms with E-state index in [1.54, 1.807) is 38.2 Å². The van der Waals surface area contributed by atoms with E-state index in [0.717, 1.165) is 6.07 Å². The van der Waals surface area contributed by atoms with Gasteiger partial charge in [0, 0.05) is 24.2 Å². The number of phenolic OH excluding ortho intramolecular Hbond substituents is 1. The van der Waals surface area contributed by atoms with Crippen molar-refractivity contribution in [1.29, 1.82) is 0 Å². The number of fused-ring (bicyclic) bond motifs is 1. The molecule has 0 atom stereocenters. The summed E-state index contributed by atoms with van der Waals surface area (Å²) in [6.07, 6.45) is 3.02. The molecule has 0 aliphatic heterocycles. The Hall–Kier alpha value is -4.25. The van der Waals surface area contributed by atoms with Crippen LogP contribution < -0.4 is 10.6 Å². The number of H-pyrrole nitrogens is 1. The average molecular weight is 494 g/mol. The smallest absolute Gasteiger partial charge is 0.255 e. The summed E-state index contributed by atoms with van der Waals surface area (Å²) >= 11 is 0. The first-order chi connectivity index (χ1) is 16.6. The maximum atomic E-state index is 13.1. The van der Waals surface area contributed by atoms with Crippen LogP contribution in [0.2, 0.25) is 0 Å². The number of hydrogen-bond donors (Lipinski definition) is 4. The lowest BCUT2D eigenvalue weighted by molar-refractivity contribution is 0.0935. The number of aromatic nitrogens is 3. The minimum atomic E-state index is -3.94. The number of hydrogen-bond acceptors (Lipinski definition) is 7. The number of amides is 2. The molecule has 0 bridgehead atoms. The minimum absolute atomic E-state index is 0.0168. The van der Waals surface area contributed by atoms with E-state index in [-0.39, 0.29) is 39.6 Å². The second-order valence-corrected chi connectivity index (χ2v) is 10.1. The molecule has 0 fully saturated rings. The lowest BCUT2D eigenvalue weighted by atomic mass is 10.2. The average Bonchev–Trinajstić information content (AvgIpc) is 3.30. The SMILES string of the molecule is CC(C)NC(=O)c1cc(S(=O)(=O)c2ccc(CNC(=O)c3cnc4[nH]ncc4c3)cc2)ccc1O. The molecule has 35 heavy (non-hydrogen) atoms. The number of sulfone groups is 1. The van der Waals surface area contributed by atoms with Crippen molar-refractivity contribution in [3.63, 3.8) is 0 Å². The number of pyridine rings is 1. The normalized spacial score (nSPS) is 11.5. The van der Waals surface area contributed by atoms with E-state index in [0.29, 0.717) is 22.2 Å². The predicted molar refractivity (Wildman–Crippen MR) is 128 cm³/mol. The van der Waals surface area contributed by atoms with Crippen molar-refractivity contribution in [3.8, 4) is 5.75 Å². The molecule has 4 aromatic rings. The van der Waals surface area contributed by atoms with E-state index in [1.165, 1.54) is 30.5 Å². The molecule has 0 unspecified atom stereocenters. The molecule has 0 spiro atoms. The summed E-state index contributed by atoms with van der Waals surface area (Å²) in [5, 5.41) is 22.7. The number of carbonyl (C=O) groups excluding carboxylic acids is 2. The Kier molecular flexibility index (Phi) is 6.52. The van der Waals surface area contributed by atoms with Crippen LogP contribution in [0.5, 0.6) is 5.75 Å². The Bertz CT molecular complexity index is 1510. The maximum absolute atomic E-state index is 13.1. The van der Waals surface area contributed by atoms with Gasteiger partial charge in [0.05, 0.1) is 27.1 Å². The Morgan fingerprint density at radius 1 is 1.00 bits per heavy atom. The summed E-state index contributed by atoms with van der Waals surface area (Å²) < 4.78 is 26.2. The monoisotopic (exact) mass is 493 g/mol. The van der Waals surface area contributed by atoms with Gasteiger partial charge in [-0.05, 0) is 55.8 Å². The molecule has 4 N–H and O–H groups in total. The Morgan fingerprint density at radius 2 is 1.71 bits per heavy atom. The maximum Gasteiger partial charge on any atom is 0.255 e. The van der Waals surface area contributed by atoms with E-state index >= 15 is 0 Å². The minimum Gasteiger partial charge on any atom is -0.507 e.